The smallest absolute Gasteiger partial charge is 0.191 e. The highest BCUT2D eigenvalue weighted by molar-refractivity contribution is 5.81. The second-order valence-corrected chi connectivity index (χ2v) is 6.75. The Kier molecular flexibility index (Phi) is 4.41. The molecule has 0 aromatic carbocycles. The molecule has 2 unspecified atom stereocenters. The van der Waals surface area contributed by atoms with Crippen LogP contribution in [0.3, 0.4) is 0 Å². The number of nitrogens with zero attached hydrogens (tertiary/aromatic N) is 4. The number of nitrogens with two attached hydrogens (primary N) is 1. The van der Waals surface area contributed by atoms with Crippen LogP contribution >= 0.6 is 0 Å². The van der Waals surface area contributed by atoms with Crippen molar-refractivity contribution in [2.24, 2.45) is 10.7 Å². The lowest BCUT2D eigenvalue weighted by molar-refractivity contribution is 0.0889. The van der Waals surface area contributed by atoms with Crippen LogP contribution in [0.15, 0.2) is 4.99 Å². The van der Waals surface area contributed by atoms with Crippen molar-refractivity contribution < 1.29 is 0 Å². The van der Waals surface area contributed by atoms with Gasteiger partial charge in [-0.05, 0) is 38.9 Å². The molecule has 2 N–H and O–H groups in total. The third-order valence-electron chi connectivity index (χ3n) is 5.93. The number of aliphatic imine (C=N–C) groups is 1. The van der Waals surface area contributed by atoms with Gasteiger partial charge in [-0.25, -0.2) is 0 Å². The van der Waals surface area contributed by atoms with Gasteiger partial charge >= 0.3 is 0 Å². The second kappa shape index (κ2) is 6.13. The first-order chi connectivity index (χ1) is 10.2. The quantitative estimate of drug-likeness (QED) is 0.820. The average Bonchev–Trinajstić information content (AvgIpc) is 3.04. The molecule has 3 aliphatic heterocycles. The number of piperidine rings is 1. The van der Waals surface area contributed by atoms with Gasteiger partial charge in [-0.1, -0.05) is 20.3 Å². The summed E-state index contributed by atoms with van der Waals surface area (Å²) in [5.41, 5.74) is 6.47. The van der Waals surface area contributed by atoms with E-state index in [9.17, 15) is 0 Å². The van der Waals surface area contributed by atoms with Crippen LogP contribution in [0.2, 0.25) is 0 Å². The molecule has 3 rings (SSSR count). The fraction of sp³-hybridized carbons (Fsp3) is 0.938. The summed E-state index contributed by atoms with van der Waals surface area (Å²) >= 11 is 0. The maximum atomic E-state index is 6.26. The molecule has 0 radical (unpaired) electrons. The van der Waals surface area contributed by atoms with Crippen molar-refractivity contribution in [1.82, 2.24) is 14.7 Å². The van der Waals surface area contributed by atoms with Crippen LogP contribution in [0.25, 0.3) is 0 Å². The van der Waals surface area contributed by atoms with Crippen molar-refractivity contribution in [3.8, 4) is 0 Å². The average molecular weight is 293 g/mol. The van der Waals surface area contributed by atoms with Crippen molar-refractivity contribution in [3.05, 3.63) is 0 Å². The predicted octanol–water partition coefficient (Wildman–Crippen LogP) is 0.956. The first-order valence-corrected chi connectivity index (χ1v) is 8.75. The van der Waals surface area contributed by atoms with Crippen molar-refractivity contribution in [3.63, 3.8) is 0 Å². The zero-order chi connectivity index (χ0) is 14.9. The number of hydrogen-bond donors (Lipinski definition) is 1. The molecule has 0 amide bonds. The van der Waals surface area contributed by atoms with Gasteiger partial charge in [0.25, 0.3) is 0 Å². The van der Waals surface area contributed by atoms with E-state index in [1.54, 1.807) is 0 Å². The van der Waals surface area contributed by atoms with E-state index < -0.39 is 0 Å². The van der Waals surface area contributed by atoms with Gasteiger partial charge in [0, 0.05) is 25.7 Å². The van der Waals surface area contributed by atoms with Crippen LogP contribution in [0.5, 0.6) is 0 Å². The molecule has 0 saturated carbocycles. The topological polar surface area (TPSA) is 48.1 Å². The Hall–Kier alpha value is -0.810. The van der Waals surface area contributed by atoms with Gasteiger partial charge in [0.2, 0.25) is 0 Å². The summed E-state index contributed by atoms with van der Waals surface area (Å²) in [6.07, 6.45) is 5.29. The van der Waals surface area contributed by atoms with Crippen LogP contribution in [0.1, 0.15) is 39.5 Å². The predicted molar refractivity (Wildman–Crippen MR) is 87.5 cm³/mol. The van der Waals surface area contributed by atoms with Gasteiger partial charge in [0.15, 0.2) is 5.96 Å². The van der Waals surface area contributed by atoms with E-state index in [2.05, 4.69) is 33.5 Å². The molecule has 21 heavy (non-hydrogen) atoms. The van der Waals surface area contributed by atoms with E-state index in [0.29, 0.717) is 6.04 Å². The Morgan fingerprint density at radius 2 is 2.10 bits per heavy atom. The summed E-state index contributed by atoms with van der Waals surface area (Å²) in [7, 11) is 0. The fourth-order valence-electron chi connectivity index (χ4n) is 4.61. The first-order valence-electron chi connectivity index (χ1n) is 8.75. The lowest BCUT2D eigenvalue weighted by Gasteiger charge is -2.44. The lowest BCUT2D eigenvalue weighted by Crippen LogP contribution is -2.60. The molecule has 2 atom stereocenters. The number of rotatable bonds is 5. The minimum absolute atomic E-state index is 0.206. The van der Waals surface area contributed by atoms with Crippen molar-refractivity contribution in [2.75, 3.05) is 45.8 Å². The van der Waals surface area contributed by atoms with E-state index in [-0.39, 0.29) is 5.54 Å². The molecule has 5 nitrogen and oxygen atoms in total. The number of likely N-dealkylation sites (N-methyl/N-ethyl adjacent to an activating group) is 1. The Labute approximate surface area is 129 Å². The largest absolute Gasteiger partial charge is 0.370 e. The maximum absolute atomic E-state index is 6.26. The fourth-order valence-corrected chi connectivity index (χ4v) is 4.61. The Balaban J connectivity index is 1.72. The minimum atomic E-state index is 0.206. The molecule has 0 bridgehead atoms. The first kappa shape index (κ1) is 15.1. The molecule has 3 heterocycles. The molecule has 120 valence electrons. The van der Waals surface area contributed by atoms with E-state index >= 15 is 0 Å². The number of fused-ring (bicyclic) bond motifs is 2. The Bertz CT molecular complexity index is 392. The van der Waals surface area contributed by atoms with Crippen LogP contribution in [-0.2, 0) is 0 Å². The van der Waals surface area contributed by atoms with Crippen LogP contribution in [-0.4, -0.2) is 78.1 Å². The molecular formula is C16H31N5. The van der Waals surface area contributed by atoms with Gasteiger partial charge in [0.05, 0.1) is 12.1 Å². The van der Waals surface area contributed by atoms with Crippen molar-refractivity contribution >= 4 is 5.96 Å². The molecule has 3 aliphatic rings. The standard InChI is InChI=1S/C16H31N5/c1-3-19(4-2)11-12-21-15(17)18-13-16(21)8-10-20-9-6-5-7-14(16)20/h14H,3-13H2,1-2H3,(H2,17,18). The Morgan fingerprint density at radius 1 is 1.29 bits per heavy atom. The summed E-state index contributed by atoms with van der Waals surface area (Å²) in [4.78, 5) is 12.3. The van der Waals surface area contributed by atoms with Gasteiger partial charge < -0.3 is 15.5 Å². The summed E-state index contributed by atoms with van der Waals surface area (Å²) in [5, 5.41) is 0. The molecule has 0 aliphatic carbocycles. The minimum Gasteiger partial charge on any atom is -0.370 e. The summed E-state index contributed by atoms with van der Waals surface area (Å²) in [6, 6.07) is 0.674. The third-order valence-corrected chi connectivity index (χ3v) is 5.93. The monoisotopic (exact) mass is 293 g/mol. The highest BCUT2D eigenvalue weighted by atomic mass is 15.4. The van der Waals surface area contributed by atoms with E-state index in [1.165, 1.54) is 38.8 Å². The van der Waals surface area contributed by atoms with E-state index in [1.807, 2.05) is 0 Å². The van der Waals surface area contributed by atoms with Crippen LogP contribution in [0, 0.1) is 0 Å². The maximum Gasteiger partial charge on any atom is 0.191 e. The molecule has 0 aromatic heterocycles. The van der Waals surface area contributed by atoms with Crippen LogP contribution in [0.4, 0.5) is 0 Å². The van der Waals surface area contributed by atoms with Crippen LogP contribution < -0.4 is 5.73 Å². The van der Waals surface area contributed by atoms with Gasteiger partial charge in [-0.3, -0.25) is 9.89 Å². The lowest BCUT2D eigenvalue weighted by atomic mass is 9.84. The van der Waals surface area contributed by atoms with Crippen molar-refractivity contribution in [2.45, 2.75) is 51.1 Å². The SMILES string of the molecule is CCN(CC)CCN1C(N)=NCC12CCN1CCCCC12. The zero-order valence-electron chi connectivity index (χ0n) is 13.7. The summed E-state index contributed by atoms with van der Waals surface area (Å²) in [5.74, 6) is 0.787. The van der Waals surface area contributed by atoms with E-state index in [0.717, 1.165) is 38.7 Å². The molecule has 5 heteroatoms. The normalized spacial score (nSPS) is 33.0. The third kappa shape index (κ3) is 2.55. The van der Waals surface area contributed by atoms with E-state index in [4.69, 9.17) is 5.73 Å². The van der Waals surface area contributed by atoms with Crippen molar-refractivity contribution in [1.29, 1.82) is 0 Å². The molecule has 2 saturated heterocycles. The second-order valence-electron chi connectivity index (χ2n) is 6.75. The number of guanidine groups is 1. The van der Waals surface area contributed by atoms with Gasteiger partial charge in [-0.2, -0.15) is 0 Å². The van der Waals surface area contributed by atoms with Gasteiger partial charge in [0.1, 0.15) is 0 Å². The summed E-state index contributed by atoms with van der Waals surface area (Å²) in [6.45, 7) is 12.2. The zero-order valence-corrected chi connectivity index (χ0v) is 13.7. The summed E-state index contributed by atoms with van der Waals surface area (Å²) < 4.78 is 0. The highest BCUT2D eigenvalue weighted by Gasteiger charge is 2.54. The molecule has 1 spiro atoms. The molecule has 2 fully saturated rings. The Morgan fingerprint density at radius 3 is 2.86 bits per heavy atom. The highest BCUT2D eigenvalue weighted by Crippen LogP contribution is 2.41. The molecular weight excluding hydrogens is 262 g/mol. The van der Waals surface area contributed by atoms with Gasteiger partial charge in [-0.15, -0.1) is 0 Å². The molecule has 0 aromatic rings. The number of hydrogen-bond acceptors (Lipinski definition) is 5.